The minimum Gasteiger partial charge on any atom is -0.344 e. The van der Waals surface area contributed by atoms with Crippen molar-refractivity contribution in [1.29, 1.82) is 0 Å². The fraction of sp³-hybridized carbons (Fsp3) is 0.333. The zero-order valence-electron chi connectivity index (χ0n) is 16.7. The fourth-order valence-electron chi connectivity index (χ4n) is 3.82. The third-order valence-corrected chi connectivity index (χ3v) is 6.95. The van der Waals surface area contributed by atoms with Gasteiger partial charge in [0.1, 0.15) is 22.7 Å². The second-order valence-corrected chi connectivity index (χ2v) is 9.05. The molecule has 0 unspecified atom stereocenters. The van der Waals surface area contributed by atoms with Crippen LogP contribution < -0.4 is 4.90 Å². The van der Waals surface area contributed by atoms with Gasteiger partial charge in [-0.2, -0.15) is 11.8 Å². The van der Waals surface area contributed by atoms with E-state index in [-0.39, 0.29) is 5.91 Å². The lowest BCUT2D eigenvalue weighted by Gasteiger charge is -2.34. The van der Waals surface area contributed by atoms with E-state index in [1.54, 1.807) is 29.3 Å². The van der Waals surface area contributed by atoms with Crippen LogP contribution in [0, 0.1) is 0 Å². The van der Waals surface area contributed by atoms with Gasteiger partial charge in [0.25, 0.3) is 0 Å². The number of rotatable bonds is 5. The number of benzene rings is 1. The van der Waals surface area contributed by atoms with Crippen LogP contribution in [0.5, 0.6) is 0 Å². The number of para-hydroxylation sites is 2. The number of hydrogen-bond donors (Lipinski definition) is 0. The van der Waals surface area contributed by atoms with E-state index in [4.69, 9.17) is 9.97 Å². The fourth-order valence-corrected chi connectivity index (χ4v) is 5.26. The topological polar surface area (TPSA) is 67.2 Å². The molecule has 7 nitrogen and oxygen atoms in total. The maximum absolute atomic E-state index is 13.1. The van der Waals surface area contributed by atoms with E-state index in [1.165, 1.54) is 0 Å². The first-order chi connectivity index (χ1) is 14.7. The number of anilines is 1. The Morgan fingerprint density at radius 1 is 1.07 bits per heavy atom. The van der Waals surface area contributed by atoms with E-state index in [9.17, 15) is 4.79 Å². The van der Waals surface area contributed by atoms with Crippen molar-refractivity contribution >= 4 is 55.5 Å². The second kappa shape index (κ2) is 8.23. The number of imidazole rings is 1. The molecular formula is C21H22N6OS2. The van der Waals surface area contributed by atoms with E-state index in [2.05, 4.69) is 20.7 Å². The third kappa shape index (κ3) is 3.63. The molecule has 0 atom stereocenters. The molecule has 0 bridgehead atoms. The molecule has 1 fully saturated rings. The summed E-state index contributed by atoms with van der Waals surface area (Å²) < 4.78 is 2.07. The van der Waals surface area contributed by atoms with Gasteiger partial charge in [-0.15, -0.1) is 0 Å². The van der Waals surface area contributed by atoms with E-state index in [0.29, 0.717) is 19.6 Å². The number of fused-ring (bicyclic) bond motifs is 2. The van der Waals surface area contributed by atoms with Crippen molar-refractivity contribution in [3.05, 3.63) is 48.4 Å². The normalized spacial score (nSPS) is 14.7. The molecule has 4 heterocycles. The highest BCUT2D eigenvalue weighted by Crippen LogP contribution is 2.27. The Hall–Kier alpha value is -2.65. The molecule has 1 aromatic carbocycles. The quantitative estimate of drug-likeness (QED) is 0.477. The van der Waals surface area contributed by atoms with Crippen molar-refractivity contribution in [2.75, 3.05) is 37.3 Å². The first kappa shape index (κ1) is 19.3. The predicted octanol–water partition coefficient (Wildman–Crippen LogP) is 3.25. The lowest BCUT2D eigenvalue weighted by atomic mass is 10.3. The molecule has 9 heteroatoms. The minimum atomic E-state index is 0.145. The zero-order chi connectivity index (χ0) is 20.5. The van der Waals surface area contributed by atoms with Crippen LogP contribution in [0.4, 0.5) is 5.13 Å². The summed E-state index contributed by atoms with van der Waals surface area (Å²) in [4.78, 5) is 32.1. The van der Waals surface area contributed by atoms with Crippen LogP contribution in [0.15, 0.2) is 42.6 Å². The summed E-state index contributed by atoms with van der Waals surface area (Å²) in [7, 11) is 0. The summed E-state index contributed by atoms with van der Waals surface area (Å²) in [6, 6.07) is 11.9. The summed E-state index contributed by atoms with van der Waals surface area (Å²) in [6.45, 7) is 3.31. The third-order valence-electron chi connectivity index (χ3n) is 5.36. The Kier molecular flexibility index (Phi) is 5.30. The molecule has 154 valence electrons. The number of hydrogen-bond acceptors (Lipinski definition) is 7. The lowest BCUT2D eigenvalue weighted by Crippen LogP contribution is -2.49. The summed E-state index contributed by atoms with van der Waals surface area (Å²) >= 11 is 3.33. The Balaban J connectivity index is 1.28. The van der Waals surface area contributed by atoms with Crippen LogP contribution in [0.25, 0.3) is 21.4 Å². The van der Waals surface area contributed by atoms with Gasteiger partial charge in [-0.1, -0.05) is 23.5 Å². The van der Waals surface area contributed by atoms with Crippen molar-refractivity contribution in [1.82, 2.24) is 24.4 Å². The Bertz CT molecular complexity index is 1160. The van der Waals surface area contributed by atoms with Crippen LogP contribution in [-0.2, 0) is 17.1 Å². The Labute approximate surface area is 182 Å². The molecule has 1 saturated heterocycles. The van der Waals surface area contributed by atoms with Crippen LogP contribution in [-0.4, -0.2) is 62.8 Å². The van der Waals surface area contributed by atoms with Crippen LogP contribution in [0.1, 0.15) is 5.82 Å². The number of amides is 1. The van der Waals surface area contributed by atoms with Crippen LogP contribution in [0.3, 0.4) is 0 Å². The number of piperazine rings is 1. The van der Waals surface area contributed by atoms with Gasteiger partial charge in [0.15, 0.2) is 5.13 Å². The summed E-state index contributed by atoms with van der Waals surface area (Å²) in [5.41, 5.74) is 2.91. The van der Waals surface area contributed by atoms with Crippen molar-refractivity contribution in [3.8, 4) is 0 Å². The van der Waals surface area contributed by atoms with Gasteiger partial charge in [0.2, 0.25) is 5.91 Å². The monoisotopic (exact) mass is 438 g/mol. The average Bonchev–Trinajstić information content (AvgIpc) is 3.36. The van der Waals surface area contributed by atoms with Gasteiger partial charge in [0, 0.05) is 32.4 Å². The van der Waals surface area contributed by atoms with Gasteiger partial charge >= 0.3 is 0 Å². The number of nitrogens with zero attached hydrogens (tertiary/aromatic N) is 6. The Morgan fingerprint density at radius 3 is 2.67 bits per heavy atom. The molecular weight excluding hydrogens is 416 g/mol. The molecule has 4 aromatic rings. The maximum atomic E-state index is 13.1. The smallest absolute Gasteiger partial charge is 0.242 e. The molecule has 1 aliphatic rings. The van der Waals surface area contributed by atoms with E-state index in [0.717, 1.165) is 51.2 Å². The molecule has 0 radical (unpaired) electrons. The zero-order valence-corrected chi connectivity index (χ0v) is 18.3. The first-order valence-electron chi connectivity index (χ1n) is 9.90. The van der Waals surface area contributed by atoms with Gasteiger partial charge in [-0.25, -0.2) is 15.0 Å². The van der Waals surface area contributed by atoms with Crippen LogP contribution in [0.2, 0.25) is 0 Å². The van der Waals surface area contributed by atoms with Crippen molar-refractivity contribution in [3.63, 3.8) is 0 Å². The van der Waals surface area contributed by atoms with Crippen molar-refractivity contribution in [2.24, 2.45) is 0 Å². The standard InChI is InChI=1S/C21H22N6OS2/c1-29-14-18-23-15-5-2-3-7-17(15)27(18)13-19(28)25-9-11-26(12-10-25)21-24-16-6-4-8-22-20(16)30-21/h2-8H,9-14H2,1H3. The molecule has 3 aromatic heterocycles. The van der Waals surface area contributed by atoms with Crippen molar-refractivity contribution < 1.29 is 4.79 Å². The average molecular weight is 439 g/mol. The van der Waals surface area contributed by atoms with Gasteiger partial charge in [-0.3, -0.25) is 4.79 Å². The van der Waals surface area contributed by atoms with Gasteiger partial charge in [-0.05, 0) is 30.5 Å². The predicted molar refractivity (Wildman–Crippen MR) is 123 cm³/mol. The molecule has 1 amide bonds. The molecule has 1 aliphatic heterocycles. The molecule has 0 aliphatic carbocycles. The lowest BCUT2D eigenvalue weighted by molar-refractivity contribution is -0.132. The number of thiazole rings is 1. The highest BCUT2D eigenvalue weighted by atomic mass is 32.2. The molecule has 5 rings (SSSR count). The molecule has 30 heavy (non-hydrogen) atoms. The van der Waals surface area contributed by atoms with E-state index < -0.39 is 0 Å². The minimum absolute atomic E-state index is 0.145. The number of thioether (sulfide) groups is 1. The largest absolute Gasteiger partial charge is 0.344 e. The van der Waals surface area contributed by atoms with E-state index in [1.807, 2.05) is 41.3 Å². The highest BCUT2D eigenvalue weighted by molar-refractivity contribution is 7.97. The number of pyridine rings is 1. The summed E-state index contributed by atoms with van der Waals surface area (Å²) in [5.74, 6) is 1.89. The van der Waals surface area contributed by atoms with Crippen molar-refractivity contribution in [2.45, 2.75) is 12.3 Å². The van der Waals surface area contributed by atoms with E-state index >= 15 is 0 Å². The maximum Gasteiger partial charge on any atom is 0.242 e. The second-order valence-electron chi connectivity index (χ2n) is 7.23. The number of carbonyl (C=O) groups excluding carboxylic acids is 1. The number of carbonyl (C=O) groups is 1. The molecule has 0 spiro atoms. The molecule has 0 saturated carbocycles. The first-order valence-corrected chi connectivity index (χ1v) is 12.1. The SMILES string of the molecule is CSCc1nc2ccccc2n1CC(=O)N1CCN(c2nc3cccnc3s2)CC1. The van der Waals surface area contributed by atoms with Crippen LogP contribution >= 0.6 is 23.1 Å². The van der Waals surface area contributed by atoms with Gasteiger partial charge < -0.3 is 14.4 Å². The Morgan fingerprint density at radius 2 is 1.87 bits per heavy atom. The summed E-state index contributed by atoms with van der Waals surface area (Å²) in [5, 5.41) is 0.985. The van der Waals surface area contributed by atoms with Gasteiger partial charge in [0.05, 0.1) is 16.8 Å². The highest BCUT2D eigenvalue weighted by Gasteiger charge is 2.24. The summed E-state index contributed by atoms with van der Waals surface area (Å²) in [6.07, 6.45) is 3.86. The molecule has 0 N–H and O–H groups in total. The number of aromatic nitrogens is 4.